The van der Waals surface area contributed by atoms with Crippen molar-refractivity contribution in [3.63, 3.8) is 0 Å². The van der Waals surface area contributed by atoms with Crippen molar-refractivity contribution in [2.45, 2.75) is 20.3 Å². The lowest BCUT2D eigenvalue weighted by atomic mass is 9.84. The molecule has 0 aliphatic carbocycles. The summed E-state index contributed by atoms with van der Waals surface area (Å²) in [6.07, 6.45) is 0.764. The summed E-state index contributed by atoms with van der Waals surface area (Å²) in [5.41, 5.74) is 1.73. The fourth-order valence-electron chi connectivity index (χ4n) is 3.07. The standard InChI is InChI=1S/C22H28O5/c1-14(11-16-7-9-18(24-3)20(12-16)26-5)15(2)22(23)17-8-10-19(25-4)21(13-17)27-6/h7-10,12-15H,11H2,1-6H3/t14-,15+/m0/s1. The molecule has 2 rings (SSSR count). The highest BCUT2D eigenvalue weighted by Crippen LogP contribution is 2.32. The van der Waals surface area contributed by atoms with Gasteiger partial charge in [0.2, 0.25) is 0 Å². The Morgan fingerprint density at radius 1 is 0.778 bits per heavy atom. The van der Waals surface area contributed by atoms with Crippen molar-refractivity contribution < 1.29 is 23.7 Å². The molecule has 0 N–H and O–H groups in total. The second kappa shape index (κ2) is 9.31. The lowest BCUT2D eigenvalue weighted by Crippen LogP contribution is -2.21. The molecule has 2 aromatic carbocycles. The Kier molecular flexibility index (Phi) is 7.11. The third-order valence-corrected chi connectivity index (χ3v) is 4.94. The molecule has 146 valence electrons. The quantitative estimate of drug-likeness (QED) is 0.610. The summed E-state index contributed by atoms with van der Waals surface area (Å²) in [6, 6.07) is 11.1. The van der Waals surface area contributed by atoms with Crippen molar-refractivity contribution >= 4 is 5.78 Å². The molecule has 0 aromatic heterocycles. The number of methoxy groups -OCH3 is 4. The van der Waals surface area contributed by atoms with Crippen LogP contribution in [0, 0.1) is 11.8 Å². The summed E-state index contributed by atoms with van der Waals surface area (Å²) in [7, 11) is 6.38. The van der Waals surface area contributed by atoms with Gasteiger partial charge in [-0.3, -0.25) is 4.79 Å². The van der Waals surface area contributed by atoms with E-state index in [0.717, 1.165) is 12.0 Å². The van der Waals surface area contributed by atoms with Gasteiger partial charge in [-0.05, 0) is 48.2 Å². The maximum absolute atomic E-state index is 12.9. The van der Waals surface area contributed by atoms with Crippen molar-refractivity contribution in [3.8, 4) is 23.0 Å². The molecule has 27 heavy (non-hydrogen) atoms. The Labute approximate surface area is 161 Å². The van der Waals surface area contributed by atoms with Crippen LogP contribution in [0.5, 0.6) is 23.0 Å². The summed E-state index contributed by atoms with van der Waals surface area (Å²) >= 11 is 0. The molecule has 5 heteroatoms. The van der Waals surface area contributed by atoms with Gasteiger partial charge in [-0.15, -0.1) is 0 Å². The Morgan fingerprint density at radius 3 is 1.85 bits per heavy atom. The van der Waals surface area contributed by atoms with Crippen LogP contribution in [-0.2, 0) is 6.42 Å². The molecule has 0 saturated carbocycles. The van der Waals surface area contributed by atoms with Gasteiger partial charge in [-0.1, -0.05) is 19.9 Å². The molecule has 0 fully saturated rings. The van der Waals surface area contributed by atoms with E-state index in [1.54, 1.807) is 46.6 Å². The zero-order valence-corrected chi connectivity index (χ0v) is 16.9. The molecular formula is C22H28O5. The molecule has 0 bridgehead atoms. The van der Waals surface area contributed by atoms with E-state index >= 15 is 0 Å². The summed E-state index contributed by atoms with van der Waals surface area (Å²) in [5, 5.41) is 0. The van der Waals surface area contributed by atoms with Gasteiger partial charge in [0.15, 0.2) is 28.8 Å². The minimum Gasteiger partial charge on any atom is -0.493 e. The van der Waals surface area contributed by atoms with Crippen molar-refractivity contribution in [2.24, 2.45) is 11.8 Å². The van der Waals surface area contributed by atoms with Crippen LogP contribution >= 0.6 is 0 Å². The van der Waals surface area contributed by atoms with Crippen LogP contribution < -0.4 is 18.9 Å². The monoisotopic (exact) mass is 372 g/mol. The van der Waals surface area contributed by atoms with E-state index in [0.29, 0.717) is 28.6 Å². The first-order chi connectivity index (χ1) is 12.9. The van der Waals surface area contributed by atoms with E-state index in [1.807, 2.05) is 25.1 Å². The predicted molar refractivity (Wildman–Crippen MR) is 105 cm³/mol. The number of ketones is 1. The molecule has 0 amide bonds. The fraction of sp³-hybridized carbons (Fsp3) is 0.409. The number of benzene rings is 2. The topological polar surface area (TPSA) is 54.0 Å². The smallest absolute Gasteiger partial charge is 0.166 e. The number of ether oxygens (including phenoxy) is 4. The van der Waals surface area contributed by atoms with E-state index in [1.165, 1.54) is 0 Å². The van der Waals surface area contributed by atoms with Crippen molar-refractivity contribution in [1.29, 1.82) is 0 Å². The Hall–Kier alpha value is -2.69. The first-order valence-corrected chi connectivity index (χ1v) is 8.92. The number of carbonyl (C=O) groups excluding carboxylic acids is 1. The zero-order valence-electron chi connectivity index (χ0n) is 16.9. The number of hydrogen-bond acceptors (Lipinski definition) is 5. The second-order valence-corrected chi connectivity index (χ2v) is 6.59. The molecule has 2 aromatic rings. The van der Waals surface area contributed by atoms with Crippen molar-refractivity contribution in [2.75, 3.05) is 28.4 Å². The lowest BCUT2D eigenvalue weighted by molar-refractivity contribution is 0.0892. The number of carbonyl (C=O) groups is 1. The highest BCUT2D eigenvalue weighted by molar-refractivity contribution is 5.98. The number of Topliss-reactive ketones (excluding diaryl/α,β-unsaturated/α-hetero) is 1. The van der Waals surface area contributed by atoms with Gasteiger partial charge in [-0.25, -0.2) is 0 Å². The van der Waals surface area contributed by atoms with E-state index in [9.17, 15) is 4.79 Å². The lowest BCUT2D eigenvalue weighted by Gasteiger charge is -2.20. The van der Waals surface area contributed by atoms with Crippen LogP contribution in [0.1, 0.15) is 29.8 Å². The third-order valence-electron chi connectivity index (χ3n) is 4.94. The van der Waals surface area contributed by atoms with Gasteiger partial charge in [0.05, 0.1) is 28.4 Å². The molecule has 0 saturated heterocycles. The number of hydrogen-bond donors (Lipinski definition) is 0. The van der Waals surface area contributed by atoms with Crippen LogP contribution in [0.2, 0.25) is 0 Å². The second-order valence-electron chi connectivity index (χ2n) is 6.59. The number of rotatable bonds is 9. The summed E-state index contributed by atoms with van der Waals surface area (Å²) in [4.78, 5) is 12.9. The van der Waals surface area contributed by atoms with Crippen LogP contribution in [0.15, 0.2) is 36.4 Å². The SMILES string of the molecule is COc1ccc(C[C@H](C)[C@@H](C)C(=O)c2ccc(OC)c(OC)c2)cc1OC. The maximum Gasteiger partial charge on any atom is 0.166 e. The molecule has 0 aliphatic rings. The van der Waals surface area contributed by atoms with Gasteiger partial charge in [0.1, 0.15) is 0 Å². The van der Waals surface area contributed by atoms with Gasteiger partial charge in [-0.2, -0.15) is 0 Å². The van der Waals surface area contributed by atoms with E-state index in [2.05, 4.69) is 6.92 Å². The van der Waals surface area contributed by atoms with E-state index in [-0.39, 0.29) is 17.6 Å². The highest BCUT2D eigenvalue weighted by atomic mass is 16.5. The zero-order chi connectivity index (χ0) is 20.0. The normalized spacial score (nSPS) is 12.8. The fourth-order valence-corrected chi connectivity index (χ4v) is 3.07. The molecule has 0 radical (unpaired) electrons. The first-order valence-electron chi connectivity index (χ1n) is 8.92. The van der Waals surface area contributed by atoms with Crippen molar-refractivity contribution in [3.05, 3.63) is 47.5 Å². The average Bonchev–Trinajstić information content (AvgIpc) is 2.71. The molecule has 5 nitrogen and oxygen atoms in total. The predicted octanol–water partition coefficient (Wildman–Crippen LogP) is 4.42. The van der Waals surface area contributed by atoms with Crippen molar-refractivity contribution in [1.82, 2.24) is 0 Å². The summed E-state index contributed by atoms with van der Waals surface area (Å²) in [5.74, 6) is 2.66. The van der Waals surface area contributed by atoms with Crippen LogP contribution in [0.25, 0.3) is 0 Å². The maximum atomic E-state index is 12.9. The van der Waals surface area contributed by atoms with E-state index < -0.39 is 0 Å². The minimum atomic E-state index is -0.142. The molecule has 0 aliphatic heterocycles. The largest absolute Gasteiger partial charge is 0.493 e. The Balaban J connectivity index is 2.14. The van der Waals surface area contributed by atoms with Crippen LogP contribution in [-0.4, -0.2) is 34.2 Å². The molecule has 0 spiro atoms. The Morgan fingerprint density at radius 2 is 1.30 bits per heavy atom. The highest BCUT2D eigenvalue weighted by Gasteiger charge is 2.23. The van der Waals surface area contributed by atoms with E-state index in [4.69, 9.17) is 18.9 Å². The average molecular weight is 372 g/mol. The summed E-state index contributed by atoms with van der Waals surface area (Å²) < 4.78 is 21.2. The molecule has 2 atom stereocenters. The van der Waals surface area contributed by atoms with Gasteiger partial charge >= 0.3 is 0 Å². The van der Waals surface area contributed by atoms with Gasteiger partial charge in [0.25, 0.3) is 0 Å². The third kappa shape index (κ3) is 4.73. The molecular weight excluding hydrogens is 344 g/mol. The van der Waals surface area contributed by atoms with Crippen LogP contribution in [0.3, 0.4) is 0 Å². The van der Waals surface area contributed by atoms with Gasteiger partial charge in [0, 0.05) is 11.5 Å². The molecule has 0 unspecified atom stereocenters. The summed E-state index contributed by atoms with van der Waals surface area (Å²) in [6.45, 7) is 4.05. The van der Waals surface area contributed by atoms with Crippen LogP contribution in [0.4, 0.5) is 0 Å². The molecule has 0 heterocycles. The first kappa shape index (κ1) is 20.6. The Bertz CT molecular complexity index is 784. The van der Waals surface area contributed by atoms with Gasteiger partial charge < -0.3 is 18.9 Å². The minimum absolute atomic E-state index is 0.0870.